The standard InChI is InChI=1S/C6H7N.C4H8Cl2O2S/c7-6-4-2-1-3-5-6;5-1-3-9(7,8)4-2-6/h1-5H,7H2;1-4H2. The van der Waals surface area contributed by atoms with Crippen molar-refractivity contribution < 1.29 is 8.42 Å². The summed E-state index contributed by atoms with van der Waals surface area (Å²) in [6, 6.07) is 9.49. The molecule has 1 aromatic rings. The molecular weight excluding hydrogens is 269 g/mol. The molecule has 0 amide bonds. The molecule has 2 N–H and O–H groups in total. The van der Waals surface area contributed by atoms with Gasteiger partial charge in [-0.25, -0.2) is 8.42 Å². The van der Waals surface area contributed by atoms with Gasteiger partial charge >= 0.3 is 0 Å². The van der Waals surface area contributed by atoms with E-state index in [1.165, 1.54) is 0 Å². The molecule has 0 spiro atoms. The first kappa shape index (κ1) is 15.5. The summed E-state index contributed by atoms with van der Waals surface area (Å²) in [6.45, 7) is 0. The van der Waals surface area contributed by atoms with Crippen LogP contribution in [0.15, 0.2) is 30.3 Å². The highest BCUT2D eigenvalue weighted by molar-refractivity contribution is 7.91. The third-order valence-electron chi connectivity index (χ3n) is 1.58. The van der Waals surface area contributed by atoms with E-state index < -0.39 is 9.84 Å². The lowest BCUT2D eigenvalue weighted by Gasteiger charge is -1.95. The molecule has 0 aromatic heterocycles. The van der Waals surface area contributed by atoms with Crippen LogP contribution < -0.4 is 5.73 Å². The Morgan fingerprint density at radius 3 is 1.69 bits per heavy atom. The second-order valence-corrected chi connectivity index (χ2v) is 6.00. The van der Waals surface area contributed by atoms with Crippen LogP contribution in [0, 0.1) is 0 Å². The number of sulfone groups is 1. The number of rotatable bonds is 4. The minimum absolute atomic E-state index is 0.0290. The first-order chi connectivity index (χ1) is 7.52. The predicted octanol–water partition coefficient (Wildman–Crippen LogP) is 2.15. The molecule has 0 heterocycles. The van der Waals surface area contributed by atoms with E-state index in [2.05, 4.69) is 0 Å². The Morgan fingerprint density at radius 1 is 1.00 bits per heavy atom. The topological polar surface area (TPSA) is 60.2 Å². The number of hydrogen-bond acceptors (Lipinski definition) is 3. The van der Waals surface area contributed by atoms with E-state index in [0.717, 1.165) is 5.69 Å². The smallest absolute Gasteiger partial charge is 0.152 e. The molecule has 0 radical (unpaired) electrons. The van der Waals surface area contributed by atoms with Crippen LogP contribution in [0.3, 0.4) is 0 Å². The van der Waals surface area contributed by atoms with Crippen LogP contribution in [0.4, 0.5) is 5.69 Å². The van der Waals surface area contributed by atoms with Gasteiger partial charge in [0.05, 0.1) is 11.5 Å². The minimum Gasteiger partial charge on any atom is -0.399 e. The van der Waals surface area contributed by atoms with Gasteiger partial charge in [-0.1, -0.05) is 18.2 Å². The summed E-state index contributed by atoms with van der Waals surface area (Å²) in [5.74, 6) is 0.362. The third kappa shape index (κ3) is 8.83. The molecule has 0 saturated carbocycles. The second kappa shape index (κ2) is 8.67. The lowest BCUT2D eigenvalue weighted by atomic mass is 10.3. The summed E-state index contributed by atoms with van der Waals surface area (Å²) >= 11 is 10.4. The Kier molecular flexibility index (Phi) is 8.43. The monoisotopic (exact) mass is 283 g/mol. The number of alkyl halides is 2. The van der Waals surface area contributed by atoms with Crippen molar-refractivity contribution in [1.29, 1.82) is 0 Å². The van der Waals surface area contributed by atoms with Gasteiger partial charge in [0.15, 0.2) is 9.84 Å². The average Bonchev–Trinajstić information content (AvgIpc) is 2.19. The molecule has 6 heteroatoms. The maximum Gasteiger partial charge on any atom is 0.152 e. The van der Waals surface area contributed by atoms with Crippen molar-refractivity contribution in [2.24, 2.45) is 0 Å². The summed E-state index contributed by atoms with van der Waals surface area (Å²) in [5, 5.41) is 0. The number of benzene rings is 1. The van der Waals surface area contributed by atoms with E-state index in [1.807, 2.05) is 30.3 Å². The first-order valence-corrected chi connectivity index (χ1v) is 7.53. The van der Waals surface area contributed by atoms with Crippen molar-refractivity contribution in [3.8, 4) is 0 Å². The Labute approximate surface area is 106 Å². The molecule has 0 aliphatic rings. The quantitative estimate of drug-likeness (QED) is 0.680. The van der Waals surface area contributed by atoms with Crippen molar-refractivity contribution in [3.63, 3.8) is 0 Å². The number of nitrogen functional groups attached to an aromatic ring is 1. The van der Waals surface area contributed by atoms with Crippen LogP contribution >= 0.6 is 23.2 Å². The summed E-state index contributed by atoms with van der Waals surface area (Å²) in [4.78, 5) is 0. The molecule has 0 bridgehead atoms. The van der Waals surface area contributed by atoms with Gasteiger partial charge in [0.1, 0.15) is 0 Å². The zero-order valence-electron chi connectivity index (χ0n) is 8.77. The van der Waals surface area contributed by atoms with Gasteiger partial charge in [0.2, 0.25) is 0 Å². The van der Waals surface area contributed by atoms with Crippen LogP contribution in [-0.4, -0.2) is 31.7 Å². The highest BCUT2D eigenvalue weighted by atomic mass is 35.5. The molecule has 1 rings (SSSR count). The molecule has 3 nitrogen and oxygen atoms in total. The number of halogens is 2. The fourth-order valence-corrected chi connectivity index (χ4v) is 2.88. The largest absolute Gasteiger partial charge is 0.399 e. The van der Waals surface area contributed by atoms with Crippen LogP contribution in [0.1, 0.15) is 0 Å². The third-order valence-corrected chi connectivity index (χ3v) is 4.05. The molecule has 0 aliphatic carbocycles. The van der Waals surface area contributed by atoms with Gasteiger partial charge in [-0.3, -0.25) is 0 Å². The minimum atomic E-state index is -2.95. The van der Waals surface area contributed by atoms with Gasteiger partial charge in [0, 0.05) is 17.4 Å². The molecule has 0 aliphatic heterocycles. The van der Waals surface area contributed by atoms with E-state index >= 15 is 0 Å². The lowest BCUT2D eigenvalue weighted by Crippen LogP contribution is -2.12. The number of nitrogens with two attached hydrogens (primary N) is 1. The highest BCUT2D eigenvalue weighted by Gasteiger charge is 2.06. The van der Waals surface area contributed by atoms with E-state index in [9.17, 15) is 8.42 Å². The van der Waals surface area contributed by atoms with Gasteiger partial charge < -0.3 is 5.73 Å². The number of hydrogen-bond donors (Lipinski definition) is 1. The summed E-state index contributed by atoms with van der Waals surface area (Å²) in [7, 11) is -2.95. The van der Waals surface area contributed by atoms with Crippen molar-refractivity contribution >= 4 is 38.7 Å². The van der Waals surface area contributed by atoms with E-state index in [4.69, 9.17) is 28.9 Å². The summed E-state index contributed by atoms with van der Waals surface area (Å²) < 4.78 is 21.3. The van der Waals surface area contributed by atoms with Gasteiger partial charge in [0.25, 0.3) is 0 Å². The van der Waals surface area contributed by atoms with E-state index in [1.54, 1.807) is 0 Å². The van der Waals surface area contributed by atoms with Crippen LogP contribution in [0.25, 0.3) is 0 Å². The number of para-hydroxylation sites is 1. The number of anilines is 1. The molecule has 0 atom stereocenters. The molecule has 0 unspecified atom stereocenters. The normalized spacial score (nSPS) is 10.4. The second-order valence-electron chi connectivity index (χ2n) is 2.94. The Morgan fingerprint density at radius 2 is 1.44 bits per heavy atom. The Hall–Kier alpha value is -0.450. The lowest BCUT2D eigenvalue weighted by molar-refractivity contribution is 0.599. The fourth-order valence-electron chi connectivity index (χ4n) is 0.790. The van der Waals surface area contributed by atoms with Gasteiger partial charge in [-0.2, -0.15) is 0 Å². The maximum atomic E-state index is 10.7. The highest BCUT2D eigenvalue weighted by Crippen LogP contribution is 1.96. The van der Waals surface area contributed by atoms with Crippen molar-refractivity contribution in [2.75, 3.05) is 29.0 Å². The van der Waals surface area contributed by atoms with Crippen LogP contribution in [-0.2, 0) is 9.84 Å². The average molecular weight is 284 g/mol. The van der Waals surface area contributed by atoms with Gasteiger partial charge in [-0.15, -0.1) is 23.2 Å². The Bertz CT molecular complexity index is 356. The van der Waals surface area contributed by atoms with E-state index in [-0.39, 0.29) is 23.3 Å². The molecule has 0 fully saturated rings. The zero-order chi connectivity index (χ0) is 12.4. The zero-order valence-corrected chi connectivity index (χ0v) is 11.1. The van der Waals surface area contributed by atoms with Crippen molar-refractivity contribution in [1.82, 2.24) is 0 Å². The summed E-state index contributed by atoms with van der Waals surface area (Å²) in [5.41, 5.74) is 6.18. The van der Waals surface area contributed by atoms with Crippen molar-refractivity contribution in [2.45, 2.75) is 0 Å². The van der Waals surface area contributed by atoms with Crippen molar-refractivity contribution in [3.05, 3.63) is 30.3 Å². The van der Waals surface area contributed by atoms with E-state index in [0.29, 0.717) is 0 Å². The molecule has 0 saturated heterocycles. The van der Waals surface area contributed by atoms with Gasteiger partial charge in [-0.05, 0) is 12.1 Å². The first-order valence-electron chi connectivity index (χ1n) is 4.64. The molecule has 1 aromatic carbocycles. The van der Waals surface area contributed by atoms with Crippen LogP contribution in [0.5, 0.6) is 0 Å². The Balaban J connectivity index is 0.000000288. The molecule has 92 valence electrons. The predicted molar refractivity (Wildman–Crippen MR) is 70.9 cm³/mol. The molecular formula is C10H15Cl2NO2S. The maximum absolute atomic E-state index is 10.7. The van der Waals surface area contributed by atoms with Crippen LogP contribution in [0.2, 0.25) is 0 Å². The fraction of sp³-hybridized carbons (Fsp3) is 0.400. The molecule has 16 heavy (non-hydrogen) atoms. The summed E-state index contributed by atoms with van der Waals surface area (Å²) in [6.07, 6.45) is 0. The SMILES string of the molecule is Nc1ccccc1.O=S(=O)(CCCl)CCCl.